The van der Waals surface area contributed by atoms with Gasteiger partial charge in [-0.1, -0.05) is 42.8 Å². The molecule has 0 atom stereocenters. The molecule has 1 saturated heterocycles. The van der Waals surface area contributed by atoms with Crippen LogP contribution in [0, 0.1) is 6.92 Å². The van der Waals surface area contributed by atoms with E-state index in [1.54, 1.807) is 30.3 Å². The van der Waals surface area contributed by atoms with E-state index in [0.717, 1.165) is 30.8 Å². The van der Waals surface area contributed by atoms with Gasteiger partial charge in [0.1, 0.15) is 0 Å². The molecule has 3 aromatic rings. The zero-order chi connectivity index (χ0) is 20.4. The molecule has 0 spiro atoms. The van der Waals surface area contributed by atoms with Crippen molar-refractivity contribution in [1.82, 2.24) is 9.88 Å². The molecule has 0 bridgehead atoms. The first-order valence-corrected chi connectivity index (χ1v) is 11.3. The number of rotatable bonds is 5. The van der Waals surface area contributed by atoms with Crippen LogP contribution in [-0.2, 0) is 9.84 Å². The number of sulfone groups is 1. The van der Waals surface area contributed by atoms with Gasteiger partial charge in [0.2, 0.25) is 26.6 Å². The van der Waals surface area contributed by atoms with Crippen molar-refractivity contribution in [2.45, 2.75) is 23.8 Å². The Hall–Kier alpha value is -2.64. The van der Waals surface area contributed by atoms with Crippen LogP contribution in [0.15, 0.2) is 68.9 Å². The summed E-state index contributed by atoms with van der Waals surface area (Å²) in [7, 11) is -3.80. The van der Waals surface area contributed by atoms with Crippen LogP contribution in [0.1, 0.15) is 12.5 Å². The van der Waals surface area contributed by atoms with Gasteiger partial charge in [-0.3, -0.25) is 0 Å². The molecule has 0 aliphatic carbocycles. The molecule has 6 nitrogen and oxygen atoms in total. The molecule has 152 valence electrons. The summed E-state index contributed by atoms with van der Waals surface area (Å²) in [6.45, 7) is 8.23. The Morgan fingerprint density at radius 2 is 1.72 bits per heavy atom. The second-order valence-electron chi connectivity index (χ2n) is 7.24. The maximum atomic E-state index is 13.4. The van der Waals surface area contributed by atoms with Gasteiger partial charge in [0.05, 0.1) is 4.90 Å². The summed E-state index contributed by atoms with van der Waals surface area (Å²) in [6, 6.07) is 16.1. The second kappa shape index (κ2) is 8.00. The predicted octanol–water partition coefficient (Wildman–Crippen LogP) is 3.62. The summed E-state index contributed by atoms with van der Waals surface area (Å²) in [4.78, 5) is 9.02. The fourth-order valence-electron chi connectivity index (χ4n) is 3.55. The third kappa shape index (κ3) is 3.93. The number of oxazole rings is 1. The molecule has 2 heterocycles. The normalized spacial score (nSPS) is 15.6. The minimum absolute atomic E-state index is 0.00912. The van der Waals surface area contributed by atoms with Crippen molar-refractivity contribution in [3.63, 3.8) is 0 Å². The molecular formula is C22H25N3O3S. The summed E-state index contributed by atoms with van der Waals surface area (Å²) in [5, 5.41) is -0.00912. The molecule has 2 aromatic carbocycles. The summed E-state index contributed by atoms with van der Waals surface area (Å²) in [5.41, 5.74) is 1.83. The van der Waals surface area contributed by atoms with E-state index in [1.807, 2.05) is 36.1 Å². The number of hydrogen-bond acceptors (Lipinski definition) is 6. The molecule has 0 amide bonds. The van der Waals surface area contributed by atoms with Crippen LogP contribution in [0.4, 0.5) is 5.88 Å². The van der Waals surface area contributed by atoms with Gasteiger partial charge in [-0.2, -0.15) is 4.98 Å². The number of piperazine rings is 1. The molecular weight excluding hydrogens is 386 g/mol. The number of benzene rings is 2. The van der Waals surface area contributed by atoms with Crippen molar-refractivity contribution in [3.8, 4) is 11.5 Å². The van der Waals surface area contributed by atoms with Crippen molar-refractivity contribution >= 4 is 15.7 Å². The van der Waals surface area contributed by atoms with Gasteiger partial charge < -0.3 is 14.2 Å². The van der Waals surface area contributed by atoms with Gasteiger partial charge in [0.15, 0.2) is 0 Å². The minimum atomic E-state index is -3.80. The standard InChI is InChI=1S/C22H25N3O3S/c1-3-24-12-14-25(15-13-24)22-21(29(26,27)19-10-5-4-6-11-19)23-20(28-22)18-9-7-8-17(2)16-18/h4-11,16H,3,12-15H2,1-2H3. The van der Waals surface area contributed by atoms with Crippen molar-refractivity contribution in [3.05, 3.63) is 60.2 Å². The molecule has 0 unspecified atom stereocenters. The van der Waals surface area contributed by atoms with Gasteiger partial charge in [0.25, 0.3) is 0 Å². The fraction of sp³-hybridized carbons (Fsp3) is 0.318. The highest BCUT2D eigenvalue weighted by atomic mass is 32.2. The molecule has 1 aliphatic rings. The van der Waals surface area contributed by atoms with Crippen LogP contribution in [-0.4, -0.2) is 51.0 Å². The number of hydrogen-bond donors (Lipinski definition) is 0. The first kappa shape index (κ1) is 19.7. The zero-order valence-electron chi connectivity index (χ0n) is 16.7. The Bertz CT molecular complexity index is 1090. The molecule has 1 fully saturated rings. The van der Waals surface area contributed by atoms with E-state index >= 15 is 0 Å². The molecule has 0 N–H and O–H groups in total. The Morgan fingerprint density at radius 1 is 1.00 bits per heavy atom. The molecule has 0 radical (unpaired) electrons. The van der Waals surface area contributed by atoms with Gasteiger partial charge in [-0.15, -0.1) is 0 Å². The molecule has 0 saturated carbocycles. The highest BCUT2D eigenvalue weighted by molar-refractivity contribution is 7.91. The average molecular weight is 412 g/mol. The third-order valence-electron chi connectivity index (χ3n) is 5.26. The second-order valence-corrected chi connectivity index (χ2v) is 9.10. The summed E-state index contributed by atoms with van der Waals surface area (Å²) >= 11 is 0. The monoisotopic (exact) mass is 411 g/mol. The van der Waals surface area contributed by atoms with E-state index in [1.165, 1.54) is 0 Å². The average Bonchev–Trinajstić information content (AvgIpc) is 3.21. The minimum Gasteiger partial charge on any atom is -0.419 e. The van der Waals surface area contributed by atoms with Crippen LogP contribution < -0.4 is 4.90 Å². The van der Waals surface area contributed by atoms with Gasteiger partial charge in [-0.25, -0.2) is 8.42 Å². The van der Waals surface area contributed by atoms with E-state index in [2.05, 4.69) is 16.8 Å². The lowest BCUT2D eigenvalue weighted by Crippen LogP contribution is -2.46. The molecule has 4 rings (SSSR count). The maximum absolute atomic E-state index is 13.4. The van der Waals surface area contributed by atoms with E-state index in [-0.39, 0.29) is 9.92 Å². The topological polar surface area (TPSA) is 66.7 Å². The lowest BCUT2D eigenvalue weighted by atomic mass is 10.1. The van der Waals surface area contributed by atoms with Gasteiger partial charge in [-0.05, 0) is 37.7 Å². The van der Waals surface area contributed by atoms with Gasteiger partial charge >= 0.3 is 0 Å². The van der Waals surface area contributed by atoms with E-state index < -0.39 is 9.84 Å². The largest absolute Gasteiger partial charge is 0.419 e. The third-order valence-corrected chi connectivity index (χ3v) is 6.93. The Labute approximate surface area is 171 Å². The molecule has 1 aliphatic heterocycles. The van der Waals surface area contributed by atoms with E-state index in [9.17, 15) is 8.42 Å². The zero-order valence-corrected chi connectivity index (χ0v) is 17.5. The lowest BCUT2D eigenvalue weighted by molar-refractivity contribution is 0.266. The van der Waals surface area contributed by atoms with Gasteiger partial charge in [0, 0.05) is 31.7 Å². The number of aromatic nitrogens is 1. The smallest absolute Gasteiger partial charge is 0.236 e. The van der Waals surface area contributed by atoms with Crippen molar-refractivity contribution in [2.24, 2.45) is 0 Å². The highest BCUT2D eigenvalue weighted by Crippen LogP contribution is 2.35. The van der Waals surface area contributed by atoms with E-state index in [0.29, 0.717) is 24.9 Å². The van der Waals surface area contributed by atoms with Crippen molar-refractivity contribution in [1.29, 1.82) is 0 Å². The molecule has 29 heavy (non-hydrogen) atoms. The molecule has 1 aromatic heterocycles. The summed E-state index contributed by atoms with van der Waals surface area (Å²) < 4.78 is 32.8. The van der Waals surface area contributed by atoms with Crippen LogP contribution in [0.5, 0.6) is 0 Å². The SMILES string of the molecule is CCN1CCN(c2oc(-c3cccc(C)c3)nc2S(=O)(=O)c2ccccc2)CC1. The summed E-state index contributed by atoms with van der Waals surface area (Å²) in [6.07, 6.45) is 0. The number of aryl methyl sites for hydroxylation is 1. The maximum Gasteiger partial charge on any atom is 0.236 e. The Morgan fingerprint density at radius 3 is 2.38 bits per heavy atom. The predicted molar refractivity (Wildman–Crippen MR) is 113 cm³/mol. The van der Waals surface area contributed by atoms with Crippen LogP contribution in [0.2, 0.25) is 0 Å². The highest BCUT2D eigenvalue weighted by Gasteiger charge is 2.32. The quantitative estimate of drug-likeness (QED) is 0.639. The summed E-state index contributed by atoms with van der Waals surface area (Å²) in [5.74, 6) is 0.664. The number of likely N-dealkylation sites (N-methyl/N-ethyl adjacent to an activating group) is 1. The van der Waals surface area contributed by atoms with Crippen molar-refractivity contribution in [2.75, 3.05) is 37.6 Å². The fourth-order valence-corrected chi connectivity index (χ4v) is 4.90. The lowest BCUT2D eigenvalue weighted by Gasteiger charge is -2.33. The van der Waals surface area contributed by atoms with E-state index in [4.69, 9.17) is 4.42 Å². The van der Waals surface area contributed by atoms with Crippen molar-refractivity contribution < 1.29 is 12.8 Å². The molecule has 7 heteroatoms. The number of anilines is 1. The Kier molecular flexibility index (Phi) is 5.43. The first-order chi connectivity index (χ1) is 14.0. The first-order valence-electron chi connectivity index (χ1n) is 9.84. The van der Waals surface area contributed by atoms with Crippen LogP contribution in [0.3, 0.4) is 0 Å². The van der Waals surface area contributed by atoms with Crippen LogP contribution >= 0.6 is 0 Å². The van der Waals surface area contributed by atoms with Crippen LogP contribution in [0.25, 0.3) is 11.5 Å². The number of nitrogens with zero attached hydrogens (tertiary/aromatic N) is 3. The Balaban J connectivity index is 1.80.